The van der Waals surface area contributed by atoms with Crippen LogP contribution in [0.3, 0.4) is 0 Å². The molecule has 0 N–H and O–H groups in total. The maximum atomic E-state index is 11.8. The molecule has 3 rings (SSSR count). The number of hydrogen-bond acceptors (Lipinski definition) is 1. The van der Waals surface area contributed by atoms with Gasteiger partial charge in [0.25, 0.3) is 0 Å². The number of carbonyl (C=O) groups is 1. The number of fused-ring (bicyclic) bond motifs is 1. The lowest BCUT2D eigenvalue weighted by Crippen LogP contribution is -2.09. The number of aryl methyl sites for hydroxylation is 3. The van der Waals surface area contributed by atoms with Crippen molar-refractivity contribution in [3.05, 3.63) is 35.0 Å². The summed E-state index contributed by atoms with van der Waals surface area (Å²) in [5, 5.41) is 1.33. The second kappa shape index (κ2) is 4.52. The molecule has 0 bridgehead atoms. The standard InChI is InChI=1S/C17H21NO/c1-11-7-12(2)17-15(8-11)14(10-18(17)3)9-13-5-4-6-16(13)19/h7-8,10,13H,4-6,9H2,1-3H3. The van der Waals surface area contributed by atoms with Crippen LogP contribution in [0.15, 0.2) is 18.3 Å². The molecule has 1 fully saturated rings. The van der Waals surface area contributed by atoms with E-state index in [9.17, 15) is 4.79 Å². The molecule has 2 nitrogen and oxygen atoms in total. The Bertz CT molecular complexity index is 651. The molecule has 1 saturated carbocycles. The molecule has 0 amide bonds. The smallest absolute Gasteiger partial charge is 0.136 e. The summed E-state index contributed by atoms with van der Waals surface area (Å²) in [4.78, 5) is 11.8. The monoisotopic (exact) mass is 255 g/mol. The van der Waals surface area contributed by atoms with Gasteiger partial charge in [0.2, 0.25) is 0 Å². The molecule has 1 heterocycles. The molecule has 1 aromatic heterocycles. The van der Waals surface area contributed by atoms with E-state index in [1.165, 1.54) is 27.6 Å². The van der Waals surface area contributed by atoms with Gasteiger partial charge in [0.05, 0.1) is 5.52 Å². The van der Waals surface area contributed by atoms with Crippen molar-refractivity contribution in [3.63, 3.8) is 0 Å². The van der Waals surface area contributed by atoms with Crippen LogP contribution in [0.5, 0.6) is 0 Å². The Morgan fingerprint density at radius 1 is 1.32 bits per heavy atom. The van der Waals surface area contributed by atoms with E-state index in [1.54, 1.807) is 0 Å². The van der Waals surface area contributed by atoms with Crippen molar-refractivity contribution in [1.82, 2.24) is 4.57 Å². The maximum Gasteiger partial charge on any atom is 0.136 e. The zero-order chi connectivity index (χ0) is 13.6. The molecule has 1 aliphatic rings. The van der Waals surface area contributed by atoms with Crippen LogP contribution in [0.25, 0.3) is 10.9 Å². The second-order valence-corrected chi connectivity index (χ2v) is 6.00. The number of aromatic nitrogens is 1. The van der Waals surface area contributed by atoms with Crippen molar-refractivity contribution in [2.24, 2.45) is 13.0 Å². The van der Waals surface area contributed by atoms with Gasteiger partial charge in [0.1, 0.15) is 5.78 Å². The van der Waals surface area contributed by atoms with Gasteiger partial charge in [-0.15, -0.1) is 0 Å². The largest absolute Gasteiger partial charge is 0.350 e. The summed E-state index contributed by atoms with van der Waals surface area (Å²) < 4.78 is 2.21. The number of nitrogens with zero attached hydrogens (tertiary/aromatic N) is 1. The molecule has 0 saturated heterocycles. The molecular formula is C17H21NO. The number of carbonyl (C=O) groups excluding carboxylic acids is 1. The topological polar surface area (TPSA) is 22.0 Å². The average Bonchev–Trinajstić information content (AvgIpc) is 2.85. The molecule has 2 heteroatoms. The van der Waals surface area contributed by atoms with Gasteiger partial charge in [0, 0.05) is 31.0 Å². The lowest BCUT2D eigenvalue weighted by Gasteiger charge is -2.07. The highest BCUT2D eigenvalue weighted by Gasteiger charge is 2.25. The minimum absolute atomic E-state index is 0.256. The van der Waals surface area contributed by atoms with Crippen LogP contribution >= 0.6 is 0 Å². The third kappa shape index (κ3) is 2.09. The van der Waals surface area contributed by atoms with E-state index in [0.29, 0.717) is 5.78 Å². The SMILES string of the molecule is Cc1cc(C)c2c(c1)c(CC1CCCC1=O)cn2C. The predicted molar refractivity (Wildman–Crippen MR) is 78.4 cm³/mol. The minimum Gasteiger partial charge on any atom is -0.350 e. The van der Waals surface area contributed by atoms with Crippen LogP contribution < -0.4 is 0 Å². The highest BCUT2D eigenvalue weighted by Crippen LogP contribution is 2.31. The molecule has 1 aromatic carbocycles. The zero-order valence-corrected chi connectivity index (χ0v) is 12.0. The first kappa shape index (κ1) is 12.5. The van der Waals surface area contributed by atoms with E-state index >= 15 is 0 Å². The van der Waals surface area contributed by atoms with Gasteiger partial charge in [-0.3, -0.25) is 4.79 Å². The first-order valence-electron chi connectivity index (χ1n) is 7.14. The predicted octanol–water partition coefficient (Wildman–Crippen LogP) is 3.71. The highest BCUT2D eigenvalue weighted by atomic mass is 16.1. The maximum absolute atomic E-state index is 11.8. The van der Waals surface area contributed by atoms with Crippen LogP contribution in [0.1, 0.15) is 36.0 Å². The van der Waals surface area contributed by atoms with Crippen molar-refractivity contribution in [3.8, 4) is 0 Å². The molecule has 0 spiro atoms. The summed E-state index contributed by atoms with van der Waals surface area (Å²) >= 11 is 0. The van der Waals surface area contributed by atoms with Gasteiger partial charge in [-0.05, 0) is 50.3 Å². The summed E-state index contributed by atoms with van der Waals surface area (Å²) in [6.07, 6.45) is 6.06. The van der Waals surface area contributed by atoms with Crippen LogP contribution in [0, 0.1) is 19.8 Å². The third-order valence-corrected chi connectivity index (χ3v) is 4.39. The fourth-order valence-corrected chi connectivity index (χ4v) is 3.57. The van der Waals surface area contributed by atoms with Gasteiger partial charge in [-0.25, -0.2) is 0 Å². The molecule has 1 unspecified atom stereocenters. The number of ketones is 1. The average molecular weight is 255 g/mol. The minimum atomic E-state index is 0.256. The van der Waals surface area contributed by atoms with Gasteiger partial charge in [-0.1, -0.05) is 11.6 Å². The fraction of sp³-hybridized carbons (Fsp3) is 0.471. The summed E-state index contributed by atoms with van der Waals surface area (Å²) in [5.41, 5.74) is 5.27. The number of Topliss-reactive ketones (excluding diaryl/α,β-unsaturated/α-hetero) is 1. The quantitative estimate of drug-likeness (QED) is 0.802. The Morgan fingerprint density at radius 3 is 2.79 bits per heavy atom. The van der Waals surface area contributed by atoms with E-state index < -0.39 is 0 Å². The van der Waals surface area contributed by atoms with Gasteiger partial charge < -0.3 is 4.57 Å². The highest BCUT2D eigenvalue weighted by molar-refractivity contribution is 5.89. The number of benzene rings is 1. The van der Waals surface area contributed by atoms with Crippen LogP contribution in [-0.2, 0) is 18.3 Å². The number of rotatable bonds is 2. The van der Waals surface area contributed by atoms with Gasteiger partial charge >= 0.3 is 0 Å². The van der Waals surface area contributed by atoms with Crippen LogP contribution in [0.4, 0.5) is 0 Å². The molecular weight excluding hydrogens is 234 g/mol. The molecule has 1 atom stereocenters. The Kier molecular flexibility index (Phi) is 2.96. The summed E-state index contributed by atoms with van der Waals surface area (Å²) in [5.74, 6) is 0.716. The Morgan fingerprint density at radius 2 is 2.11 bits per heavy atom. The summed E-state index contributed by atoms with van der Waals surface area (Å²) in [6.45, 7) is 4.31. The number of hydrogen-bond donors (Lipinski definition) is 0. The van der Waals surface area contributed by atoms with Gasteiger partial charge in [0.15, 0.2) is 0 Å². The van der Waals surface area contributed by atoms with Crippen LogP contribution in [-0.4, -0.2) is 10.4 Å². The normalized spacial score (nSPS) is 19.5. The van der Waals surface area contributed by atoms with Crippen molar-refractivity contribution in [2.75, 3.05) is 0 Å². The fourth-order valence-electron chi connectivity index (χ4n) is 3.57. The third-order valence-electron chi connectivity index (χ3n) is 4.39. The first-order chi connectivity index (χ1) is 9.06. The van der Waals surface area contributed by atoms with Gasteiger partial charge in [-0.2, -0.15) is 0 Å². The van der Waals surface area contributed by atoms with E-state index in [1.807, 2.05) is 0 Å². The molecule has 0 aliphatic heterocycles. The first-order valence-corrected chi connectivity index (χ1v) is 7.14. The van der Waals surface area contributed by atoms with Crippen LogP contribution in [0.2, 0.25) is 0 Å². The van der Waals surface area contributed by atoms with E-state index in [4.69, 9.17) is 0 Å². The molecule has 0 radical (unpaired) electrons. The Balaban J connectivity index is 2.06. The summed E-state index contributed by atoms with van der Waals surface area (Å²) in [7, 11) is 2.10. The van der Waals surface area contributed by atoms with E-state index in [-0.39, 0.29) is 5.92 Å². The van der Waals surface area contributed by atoms with E-state index in [2.05, 4.69) is 43.8 Å². The lowest BCUT2D eigenvalue weighted by molar-refractivity contribution is -0.120. The molecule has 19 heavy (non-hydrogen) atoms. The Hall–Kier alpha value is -1.57. The molecule has 2 aromatic rings. The zero-order valence-electron chi connectivity index (χ0n) is 12.0. The van der Waals surface area contributed by atoms with Crippen molar-refractivity contribution in [2.45, 2.75) is 39.5 Å². The van der Waals surface area contributed by atoms with E-state index in [0.717, 1.165) is 25.7 Å². The lowest BCUT2D eigenvalue weighted by atomic mass is 9.96. The second-order valence-electron chi connectivity index (χ2n) is 6.00. The Labute approximate surface area is 114 Å². The molecule has 100 valence electrons. The van der Waals surface area contributed by atoms with Crippen molar-refractivity contribution in [1.29, 1.82) is 0 Å². The van der Waals surface area contributed by atoms with Crippen molar-refractivity contribution >= 4 is 16.7 Å². The molecule has 1 aliphatic carbocycles. The summed E-state index contributed by atoms with van der Waals surface area (Å²) in [6, 6.07) is 4.49. The van der Waals surface area contributed by atoms with Crippen molar-refractivity contribution < 1.29 is 4.79 Å².